The minimum Gasteiger partial charge on any atom is -0.468 e. The summed E-state index contributed by atoms with van der Waals surface area (Å²) in [5, 5.41) is 2.83. The van der Waals surface area contributed by atoms with Gasteiger partial charge in [-0.15, -0.1) is 0 Å². The van der Waals surface area contributed by atoms with Crippen molar-refractivity contribution >= 4 is 17.4 Å². The quantitative estimate of drug-likeness (QED) is 0.668. The van der Waals surface area contributed by atoms with Crippen molar-refractivity contribution < 1.29 is 23.1 Å². The molecule has 0 radical (unpaired) electrons. The summed E-state index contributed by atoms with van der Waals surface area (Å²) in [6.07, 6.45) is 1.59. The van der Waals surface area contributed by atoms with Crippen LogP contribution >= 0.6 is 0 Å². The smallest absolute Gasteiger partial charge is 0.317 e. The van der Waals surface area contributed by atoms with E-state index in [4.69, 9.17) is 4.74 Å². The van der Waals surface area contributed by atoms with E-state index in [2.05, 4.69) is 5.32 Å². The second-order valence-electron chi connectivity index (χ2n) is 6.04. The first kappa shape index (κ1) is 17.8. The number of carbonyl (C=O) groups excluding carboxylic acids is 2. The van der Waals surface area contributed by atoms with Gasteiger partial charge in [0.25, 0.3) is 0 Å². The van der Waals surface area contributed by atoms with Crippen LogP contribution in [0.5, 0.6) is 0 Å². The molecule has 0 unspecified atom stereocenters. The van der Waals surface area contributed by atoms with Gasteiger partial charge >= 0.3 is 5.97 Å². The van der Waals surface area contributed by atoms with Gasteiger partial charge in [-0.05, 0) is 24.1 Å². The maximum Gasteiger partial charge on any atom is 0.317 e. The zero-order chi connectivity index (χ0) is 18.7. The maximum atomic E-state index is 13.9. The highest BCUT2D eigenvalue weighted by Crippen LogP contribution is 2.37. The van der Waals surface area contributed by atoms with Crippen molar-refractivity contribution in [1.29, 1.82) is 0 Å². The third-order valence-corrected chi connectivity index (χ3v) is 4.37. The van der Waals surface area contributed by atoms with Gasteiger partial charge in [0.15, 0.2) is 5.78 Å². The van der Waals surface area contributed by atoms with Crippen molar-refractivity contribution in [3.63, 3.8) is 0 Å². The van der Waals surface area contributed by atoms with Gasteiger partial charge in [0.2, 0.25) is 0 Å². The average Bonchev–Trinajstić information content (AvgIpc) is 2.64. The number of allylic oxidation sites excluding steroid dienone is 2. The Hall–Kier alpha value is -3.02. The first-order valence-electron chi connectivity index (χ1n) is 8.09. The summed E-state index contributed by atoms with van der Waals surface area (Å²) in [6, 6.07) is 12.3. The van der Waals surface area contributed by atoms with Crippen molar-refractivity contribution in [2.75, 3.05) is 12.4 Å². The van der Waals surface area contributed by atoms with E-state index < -0.39 is 35.2 Å². The van der Waals surface area contributed by atoms with E-state index in [0.29, 0.717) is 12.1 Å². The van der Waals surface area contributed by atoms with Gasteiger partial charge in [0.1, 0.15) is 17.6 Å². The van der Waals surface area contributed by atoms with Gasteiger partial charge in [0, 0.05) is 23.8 Å². The molecule has 0 aromatic heterocycles. The van der Waals surface area contributed by atoms with Crippen molar-refractivity contribution in [3.8, 4) is 0 Å². The normalized spacial score (nSPS) is 19.7. The van der Waals surface area contributed by atoms with E-state index in [0.717, 1.165) is 17.7 Å². The van der Waals surface area contributed by atoms with Crippen LogP contribution < -0.4 is 5.32 Å². The largest absolute Gasteiger partial charge is 0.468 e. The minimum absolute atomic E-state index is 0.0637. The average molecular weight is 357 g/mol. The molecular formula is C20H17F2NO3. The second-order valence-corrected chi connectivity index (χ2v) is 6.04. The fourth-order valence-corrected chi connectivity index (χ4v) is 3.14. The Kier molecular flexibility index (Phi) is 5.11. The topological polar surface area (TPSA) is 55.4 Å². The summed E-state index contributed by atoms with van der Waals surface area (Å²) in [4.78, 5) is 24.7. The molecule has 0 heterocycles. The summed E-state index contributed by atoms with van der Waals surface area (Å²) in [7, 11) is 1.24. The van der Waals surface area contributed by atoms with Crippen LogP contribution in [0.2, 0.25) is 0 Å². The Morgan fingerprint density at radius 1 is 1.15 bits per heavy atom. The highest BCUT2D eigenvalue weighted by atomic mass is 19.1. The second kappa shape index (κ2) is 7.47. The van der Waals surface area contributed by atoms with Crippen LogP contribution in [-0.4, -0.2) is 18.9 Å². The Morgan fingerprint density at radius 3 is 2.54 bits per heavy atom. The number of halogens is 2. The summed E-state index contributed by atoms with van der Waals surface area (Å²) in [6.45, 7) is 0. The number of benzene rings is 2. The molecular weight excluding hydrogens is 340 g/mol. The summed E-state index contributed by atoms with van der Waals surface area (Å²) in [5.74, 6) is -3.85. The molecule has 0 fully saturated rings. The summed E-state index contributed by atoms with van der Waals surface area (Å²) < 4.78 is 31.7. The zero-order valence-electron chi connectivity index (χ0n) is 14.0. The molecule has 2 aromatic rings. The lowest BCUT2D eigenvalue weighted by molar-refractivity contribution is -0.149. The van der Waals surface area contributed by atoms with E-state index in [1.54, 1.807) is 0 Å². The fourth-order valence-electron chi connectivity index (χ4n) is 3.14. The first-order valence-corrected chi connectivity index (χ1v) is 8.09. The number of hydrogen-bond acceptors (Lipinski definition) is 4. The molecule has 0 bridgehead atoms. The molecule has 1 aliphatic carbocycles. The molecule has 0 amide bonds. The Bertz CT molecular complexity index is 865. The minimum atomic E-state index is -0.953. The molecule has 1 N–H and O–H groups in total. The lowest BCUT2D eigenvalue weighted by Gasteiger charge is -2.29. The molecule has 0 saturated carbocycles. The van der Waals surface area contributed by atoms with Crippen molar-refractivity contribution in [3.05, 3.63) is 77.5 Å². The third-order valence-electron chi connectivity index (χ3n) is 4.37. The number of ether oxygens (including phenoxy) is 1. The number of esters is 1. The van der Waals surface area contributed by atoms with Gasteiger partial charge in [-0.3, -0.25) is 9.59 Å². The van der Waals surface area contributed by atoms with Gasteiger partial charge in [0.05, 0.1) is 12.8 Å². The number of methoxy groups -OCH3 is 1. The van der Waals surface area contributed by atoms with Crippen molar-refractivity contribution in [2.45, 2.75) is 12.3 Å². The molecule has 4 nitrogen and oxygen atoms in total. The van der Waals surface area contributed by atoms with Crippen LogP contribution in [0.1, 0.15) is 17.9 Å². The van der Waals surface area contributed by atoms with Crippen LogP contribution in [0, 0.1) is 17.6 Å². The van der Waals surface area contributed by atoms with E-state index in [1.807, 2.05) is 30.3 Å². The van der Waals surface area contributed by atoms with Gasteiger partial charge in [-0.1, -0.05) is 30.3 Å². The predicted octanol–water partition coefficient (Wildman–Crippen LogP) is 3.81. The molecule has 6 heteroatoms. The fraction of sp³-hybridized carbons (Fsp3) is 0.200. The number of rotatable bonds is 4. The number of carbonyl (C=O) groups is 2. The van der Waals surface area contributed by atoms with Crippen molar-refractivity contribution in [2.24, 2.45) is 5.92 Å². The van der Waals surface area contributed by atoms with E-state index in [9.17, 15) is 18.4 Å². The van der Waals surface area contributed by atoms with Gasteiger partial charge < -0.3 is 10.1 Å². The molecule has 134 valence electrons. The van der Waals surface area contributed by atoms with Crippen molar-refractivity contribution in [1.82, 2.24) is 0 Å². The van der Waals surface area contributed by atoms with Crippen LogP contribution in [-0.2, 0) is 14.3 Å². The van der Waals surface area contributed by atoms with Gasteiger partial charge in [-0.25, -0.2) is 8.78 Å². The lowest BCUT2D eigenvalue weighted by atomic mass is 9.76. The van der Waals surface area contributed by atoms with E-state index >= 15 is 0 Å². The zero-order valence-corrected chi connectivity index (χ0v) is 14.0. The molecule has 2 aromatic carbocycles. The van der Waals surface area contributed by atoms with Crippen LogP contribution in [0.15, 0.2) is 60.3 Å². The number of anilines is 1. The Balaban J connectivity index is 1.93. The highest BCUT2D eigenvalue weighted by molar-refractivity contribution is 6.07. The molecule has 1 aliphatic rings. The Labute approximate surface area is 149 Å². The Morgan fingerprint density at radius 2 is 1.88 bits per heavy atom. The standard InChI is InChI=1S/C20H17F2NO3/c1-26-20(25)19-15(12-5-3-2-4-6-12)10-14(11-18(19)24)23-17-8-7-13(21)9-16(17)22/h2-9,11,15,19,23H,10H2,1H3/t15-,19+/m0/s1. The van der Waals surface area contributed by atoms with E-state index in [1.165, 1.54) is 19.3 Å². The number of hydrogen-bond donors (Lipinski definition) is 1. The van der Waals surface area contributed by atoms with Crippen LogP contribution in [0.4, 0.5) is 14.5 Å². The summed E-state index contributed by atoms with van der Waals surface area (Å²) >= 11 is 0. The van der Waals surface area contributed by atoms with Crippen LogP contribution in [0.25, 0.3) is 0 Å². The molecule has 3 rings (SSSR count). The maximum absolute atomic E-state index is 13.9. The van der Waals surface area contributed by atoms with Gasteiger partial charge in [-0.2, -0.15) is 0 Å². The lowest BCUT2D eigenvalue weighted by Crippen LogP contribution is -2.34. The van der Waals surface area contributed by atoms with E-state index in [-0.39, 0.29) is 5.69 Å². The molecule has 26 heavy (non-hydrogen) atoms. The number of nitrogens with one attached hydrogen (secondary N) is 1. The number of ketones is 1. The highest BCUT2D eigenvalue weighted by Gasteiger charge is 2.39. The SMILES string of the molecule is COC(=O)[C@H]1C(=O)C=C(Nc2ccc(F)cc2F)C[C@H]1c1ccccc1. The molecule has 2 atom stereocenters. The summed E-state index contributed by atoms with van der Waals surface area (Å²) in [5.41, 5.74) is 1.33. The third kappa shape index (κ3) is 3.64. The molecule has 0 saturated heterocycles. The molecule has 0 aliphatic heterocycles. The predicted molar refractivity (Wildman–Crippen MR) is 92.4 cm³/mol. The molecule has 0 spiro atoms. The van der Waals surface area contributed by atoms with Crippen LogP contribution in [0.3, 0.4) is 0 Å². The first-order chi connectivity index (χ1) is 12.5. The monoisotopic (exact) mass is 357 g/mol.